The highest BCUT2D eigenvalue weighted by molar-refractivity contribution is 4.56. The molecular formula is C13H30N2. The van der Waals surface area contributed by atoms with Gasteiger partial charge in [0, 0.05) is 13.1 Å². The first-order valence-corrected chi connectivity index (χ1v) is 6.56. The third-order valence-corrected chi connectivity index (χ3v) is 2.71. The molecule has 0 rings (SSSR count). The van der Waals surface area contributed by atoms with Crippen molar-refractivity contribution in [2.24, 2.45) is 5.92 Å². The summed E-state index contributed by atoms with van der Waals surface area (Å²) in [4.78, 5) is 2.43. The van der Waals surface area contributed by atoms with E-state index in [9.17, 15) is 0 Å². The van der Waals surface area contributed by atoms with Gasteiger partial charge in [0.05, 0.1) is 0 Å². The number of hydrogen-bond donors (Lipinski definition) is 1. The molecule has 0 unspecified atom stereocenters. The zero-order chi connectivity index (χ0) is 11.5. The zero-order valence-electron chi connectivity index (χ0n) is 11.2. The summed E-state index contributed by atoms with van der Waals surface area (Å²) in [5.74, 6) is 0.819. The van der Waals surface area contributed by atoms with Crippen molar-refractivity contribution in [2.75, 3.05) is 33.2 Å². The van der Waals surface area contributed by atoms with E-state index in [1.165, 1.54) is 45.3 Å². The number of nitrogens with zero attached hydrogens (tertiary/aromatic N) is 1. The summed E-state index contributed by atoms with van der Waals surface area (Å²) in [6.45, 7) is 11.5. The molecular weight excluding hydrogens is 184 g/mol. The third kappa shape index (κ3) is 11.8. The lowest BCUT2D eigenvalue weighted by molar-refractivity contribution is 0.322. The quantitative estimate of drug-likeness (QED) is 0.563. The van der Waals surface area contributed by atoms with Gasteiger partial charge in [-0.2, -0.15) is 0 Å². The molecule has 1 N–H and O–H groups in total. The molecule has 0 aromatic carbocycles. The maximum Gasteiger partial charge on any atom is 0.0104 e. The molecule has 15 heavy (non-hydrogen) atoms. The molecule has 2 nitrogen and oxygen atoms in total. The van der Waals surface area contributed by atoms with Gasteiger partial charge in [-0.15, -0.1) is 0 Å². The molecule has 2 heteroatoms. The van der Waals surface area contributed by atoms with Crippen LogP contribution < -0.4 is 5.32 Å². The number of likely N-dealkylation sites (N-methyl/N-ethyl adjacent to an activating group) is 1. The SMILES string of the molecule is CCCCCN(C)CCNCCC(C)C. The highest BCUT2D eigenvalue weighted by Crippen LogP contribution is 1.97. The van der Waals surface area contributed by atoms with Crippen LogP contribution in [0.3, 0.4) is 0 Å². The van der Waals surface area contributed by atoms with Crippen molar-refractivity contribution in [3.05, 3.63) is 0 Å². The second kappa shape index (κ2) is 10.4. The topological polar surface area (TPSA) is 15.3 Å². The summed E-state index contributed by atoms with van der Waals surface area (Å²) in [5.41, 5.74) is 0. The van der Waals surface area contributed by atoms with Crippen LogP contribution in [0.2, 0.25) is 0 Å². The summed E-state index contributed by atoms with van der Waals surface area (Å²) in [6.07, 6.45) is 5.32. The Kier molecular flexibility index (Phi) is 10.4. The molecule has 0 fully saturated rings. The van der Waals surface area contributed by atoms with Crippen LogP contribution in [0, 0.1) is 5.92 Å². The lowest BCUT2D eigenvalue weighted by Crippen LogP contribution is -2.30. The van der Waals surface area contributed by atoms with Crippen molar-refractivity contribution in [3.63, 3.8) is 0 Å². The van der Waals surface area contributed by atoms with Crippen LogP contribution >= 0.6 is 0 Å². The number of nitrogens with one attached hydrogen (secondary N) is 1. The Morgan fingerprint density at radius 3 is 2.40 bits per heavy atom. The second-order valence-electron chi connectivity index (χ2n) is 4.94. The van der Waals surface area contributed by atoms with E-state index in [2.05, 4.69) is 38.0 Å². The van der Waals surface area contributed by atoms with E-state index in [0.29, 0.717) is 0 Å². The molecule has 92 valence electrons. The van der Waals surface area contributed by atoms with E-state index in [1.54, 1.807) is 0 Å². The van der Waals surface area contributed by atoms with Crippen LogP contribution in [0.1, 0.15) is 46.5 Å². The first kappa shape index (κ1) is 14.9. The fourth-order valence-electron chi connectivity index (χ4n) is 1.53. The van der Waals surface area contributed by atoms with Gasteiger partial charge >= 0.3 is 0 Å². The Morgan fingerprint density at radius 1 is 1.07 bits per heavy atom. The minimum atomic E-state index is 0.819. The summed E-state index contributed by atoms with van der Waals surface area (Å²) in [7, 11) is 2.22. The number of hydrogen-bond acceptors (Lipinski definition) is 2. The first-order chi connectivity index (χ1) is 7.16. The molecule has 0 atom stereocenters. The van der Waals surface area contributed by atoms with Gasteiger partial charge < -0.3 is 10.2 Å². The summed E-state index contributed by atoms with van der Waals surface area (Å²) >= 11 is 0. The molecule has 0 aliphatic rings. The Balaban J connectivity index is 3.13. The molecule has 0 heterocycles. The van der Waals surface area contributed by atoms with Gasteiger partial charge in [-0.25, -0.2) is 0 Å². The van der Waals surface area contributed by atoms with Crippen molar-refractivity contribution >= 4 is 0 Å². The van der Waals surface area contributed by atoms with Crippen molar-refractivity contribution in [2.45, 2.75) is 46.5 Å². The second-order valence-corrected chi connectivity index (χ2v) is 4.94. The first-order valence-electron chi connectivity index (χ1n) is 6.56. The van der Waals surface area contributed by atoms with Crippen LogP contribution in [-0.4, -0.2) is 38.1 Å². The third-order valence-electron chi connectivity index (χ3n) is 2.71. The van der Waals surface area contributed by atoms with Crippen LogP contribution in [0.5, 0.6) is 0 Å². The van der Waals surface area contributed by atoms with E-state index in [1.807, 2.05) is 0 Å². The predicted octanol–water partition coefficient (Wildman–Crippen LogP) is 2.74. The summed E-state index contributed by atoms with van der Waals surface area (Å²) in [5, 5.41) is 3.50. The van der Waals surface area contributed by atoms with Crippen molar-refractivity contribution in [1.29, 1.82) is 0 Å². The molecule has 0 radical (unpaired) electrons. The predicted molar refractivity (Wildman–Crippen MR) is 69.3 cm³/mol. The zero-order valence-corrected chi connectivity index (χ0v) is 11.2. The van der Waals surface area contributed by atoms with Crippen LogP contribution in [0.4, 0.5) is 0 Å². The molecule has 0 aliphatic heterocycles. The van der Waals surface area contributed by atoms with Gasteiger partial charge in [0.25, 0.3) is 0 Å². The lowest BCUT2D eigenvalue weighted by Gasteiger charge is -2.16. The Morgan fingerprint density at radius 2 is 1.80 bits per heavy atom. The highest BCUT2D eigenvalue weighted by atomic mass is 15.1. The van der Waals surface area contributed by atoms with Gasteiger partial charge in [0.2, 0.25) is 0 Å². The fraction of sp³-hybridized carbons (Fsp3) is 1.00. The summed E-state index contributed by atoms with van der Waals surface area (Å²) in [6, 6.07) is 0. The van der Waals surface area contributed by atoms with Crippen LogP contribution in [0.15, 0.2) is 0 Å². The van der Waals surface area contributed by atoms with Gasteiger partial charge in [-0.3, -0.25) is 0 Å². The summed E-state index contributed by atoms with van der Waals surface area (Å²) < 4.78 is 0. The minimum Gasteiger partial charge on any atom is -0.315 e. The van der Waals surface area contributed by atoms with Gasteiger partial charge in [0.1, 0.15) is 0 Å². The smallest absolute Gasteiger partial charge is 0.0104 e. The number of rotatable bonds is 10. The van der Waals surface area contributed by atoms with Gasteiger partial charge in [-0.1, -0.05) is 33.6 Å². The molecule has 0 spiro atoms. The van der Waals surface area contributed by atoms with E-state index < -0.39 is 0 Å². The van der Waals surface area contributed by atoms with Crippen LogP contribution in [0.25, 0.3) is 0 Å². The van der Waals surface area contributed by atoms with E-state index in [4.69, 9.17) is 0 Å². The molecule has 0 aromatic heterocycles. The highest BCUT2D eigenvalue weighted by Gasteiger charge is 1.97. The van der Waals surface area contributed by atoms with E-state index in [-0.39, 0.29) is 0 Å². The molecule has 0 amide bonds. The average Bonchev–Trinajstić information content (AvgIpc) is 2.17. The molecule has 0 saturated carbocycles. The van der Waals surface area contributed by atoms with Crippen molar-refractivity contribution < 1.29 is 0 Å². The van der Waals surface area contributed by atoms with Gasteiger partial charge in [-0.05, 0) is 38.9 Å². The lowest BCUT2D eigenvalue weighted by atomic mass is 10.1. The minimum absolute atomic E-state index is 0.819. The van der Waals surface area contributed by atoms with Crippen molar-refractivity contribution in [3.8, 4) is 0 Å². The largest absolute Gasteiger partial charge is 0.315 e. The maximum absolute atomic E-state index is 3.50. The Hall–Kier alpha value is -0.0800. The molecule has 0 aromatic rings. The molecule has 0 saturated heterocycles. The van der Waals surface area contributed by atoms with Gasteiger partial charge in [0.15, 0.2) is 0 Å². The monoisotopic (exact) mass is 214 g/mol. The standard InChI is InChI=1S/C13H30N2/c1-5-6-7-11-15(4)12-10-14-9-8-13(2)3/h13-14H,5-12H2,1-4H3. The van der Waals surface area contributed by atoms with Crippen molar-refractivity contribution in [1.82, 2.24) is 10.2 Å². The maximum atomic E-state index is 3.50. The van der Waals surface area contributed by atoms with E-state index in [0.717, 1.165) is 12.5 Å². The Labute approximate surface area is 96.4 Å². The van der Waals surface area contributed by atoms with Crippen LogP contribution in [-0.2, 0) is 0 Å². The normalized spacial score (nSPS) is 11.6. The Bertz CT molecular complexity index is 124. The number of unbranched alkanes of at least 4 members (excludes halogenated alkanes) is 2. The average molecular weight is 214 g/mol. The molecule has 0 aliphatic carbocycles. The fourth-order valence-corrected chi connectivity index (χ4v) is 1.53. The van der Waals surface area contributed by atoms with E-state index >= 15 is 0 Å². The molecule has 0 bridgehead atoms.